The number of aromatic nitrogens is 9. The van der Waals surface area contributed by atoms with Gasteiger partial charge in [-0.15, -0.1) is 10.2 Å². The van der Waals surface area contributed by atoms with Crippen LogP contribution in [0.25, 0.3) is 22.5 Å². The van der Waals surface area contributed by atoms with Gasteiger partial charge in [-0.25, -0.2) is 4.98 Å². The molecular weight excluding hydrogens is 694 g/mol. The third kappa shape index (κ3) is 9.54. The van der Waals surface area contributed by atoms with Crippen molar-refractivity contribution >= 4 is 5.78 Å². The summed E-state index contributed by atoms with van der Waals surface area (Å²) < 4.78 is 86.3. The van der Waals surface area contributed by atoms with Gasteiger partial charge in [-0.2, -0.15) is 46.7 Å². The first kappa shape index (κ1) is 39.5. The highest BCUT2D eigenvalue weighted by Gasteiger charge is 2.39. The summed E-state index contributed by atoms with van der Waals surface area (Å²) in [5.41, 5.74) is 8.20. The van der Waals surface area contributed by atoms with Gasteiger partial charge in [0.2, 0.25) is 5.88 Å². The maximum absolute atomic E-state index is 13.3. The molecule has 0 aliphatic heterocycles. The highest BCUT2D eigenvalue weighted by atomic mass is 19.4. The Hall–Kier alpha value is -5.26. The lowest BCUT2D eigenvalue weighted by atomic mass is 10.0. The molecule has 5 aromatic heterocycles. The second-order valence-corrected chi connectivity index (χ2v) is 12.1. The van der Waals surface area contributed by atoms with Gasteiger partial charge in [0, 0.05) is 57.1 Å². The fraction of sp³-hybridized carbons (Fsp3) is 0.412. The number of Topliss-reactive ketones (excluding diaryl/α,β-unsaturated/α-hetero) is 1. The number of rotatable bonds is 10. The summed E-state index contributed by atoms with van der Waals surface area (Å²) in [5.74, 6) is 0.548. The van der Waals surface area contributed by atoms with E-state index in [0.717, 1.165) is 26.2 Å². The molecule has 0 bridgehead atoms. The monoisotopic (exact) mass is 732 g/mol. The van der Waals surface area contributed by atoms with Crippen LogP contribution in [0, 0.1) is 27.7 Å². The highest BCUT2D eigenvalue weighted by molar-refractivity contribution is 5.81. The first-order valence-electron chi connectivity index (χ1n) is 16.0. The van der Waals surface area contributed by atoms with Gasteiger partial charge in [-0.1, -0.05) is 0 Å². The van der Waals surface area contributed by atoms with Crippen molar-refractivity contribution in [1.29, 1.82) is 0 Å². The largest absolute Gasteiger partial charge is 0.478 e. The molecule has 5 rings (SSSR count). The van der Waals surface area contributed by atoms with Crippen molar-refractivity contribution in [2.24, 2.45) is 19.8 Å². The Morgan fingerprint density at radius 1 is 0.788 bits per heavy atom. The highest BCUT2D eigenvalue weighted by Crippen LogP contribution is 2.37. The molecule has 12 nitrogen and oxygen atoms in total. The molecule has 0 aliphatic rings. The summed E-state index contributed by atoms with van der Waals surface area (Å²) in [6, 6.07) is 5.16. The van der Waals surface area contributed by atoms with Gasteiger partial charge >= 0.3 is 12.4 Å². The molecule has 278 valence electrons. The number of ketones is 1. The van der Waals surface area contributed by atoms with Crippen LogP contribution in [0.1, 0.15) is 64.1 Å². The topological polar surface area (TPSA) is 152 Å². The Kier molecular flexibility index (Phi) is 12.1. The van der Waals surface area contributed by atoms with E-state index in [9.17, 15) is 31.1 Å². The van der Waals surface area contributed by atoms with E-state index in [4.69, 9.17) is 10.5 Å². The van der Waals surface area contributed by atoms with E-state index in [1.54, 1.807) is 26.0 Å². The number of carbonyl (C=O) groups excluding carboxylic acids is 1. The number of nitrogens with two attached hydrogens (primary N) is 1. The van der Waals surface area contributed by atoms with E-state index in [0.29, 0.717) is 41.4 Å². The molecule has 0 aromatic carbocycles. The molecule has 0 saturated heterocycles. The fourth-order valence-corrected chi connectivity index (χ4v) is 5.38. The molecule has 18 heteroatoms. The Morgan fingerprint density at radius 3 is 1.75 bits per heavy atom. The average molecular weight is 733 g/mol. The van der Waals surface area contributed by atoms with Crippen LogP contribution in [0.15, 0.2) is 30.6 Å². The third-order valence-corrected chi connectivity index (χ3v) is 7.78. The molecule has 0 atom stereocenters. The SMILES string of the molecule is CCOc1nc(C)cc(CC(=O)CCc2cc(C)c(-c3cn(C)nc3C(F)(F)F)nn2)c1C.Cc1cc(CN)nnc1-c1cn(C)nc1C(F)(F)F. The van der Waals surface area contributed by atoms with Crippen molar-refractivity contribution in [3.05, 3.63) is 81.3 Å². The van der Waals surface area contributed by atoms with Crippen LogP contribution in [-0.4, -0.2) is 57.3 Å². The van der Waals surface area contributed by atoms with Gasteiger partial charge in [-0.05, 0) is 75.9 Å². The van der Waals surface area contributed by atoms with E-state index in [2.05, 4.69) is 35.6 Å². The van der Waals surface area contributed by atoms with Crippen molar-refractivity contribution in [2.45, 2.75) is 72.8 Å². The van der Waals surface area contributed by atoms with Crippen LogP contribution in [0.3, 0.4) is 0 Å². The molecular formula is C34H38F6N10O2. The number of pyridine rings is 1. The number of nitrogens with zero attached hydrogens (tertiary/aromatic N) is 9. The predicted octanol–water partition coefficient (Wildman–Crippen LogP) is 6.02. The summed E-state index contributed by atoms with van der Waals surface area (Å²) in [7, 11) is 2.85. The minimum atomic E-state index is -4.60. The Bertz CT molecular complexity index is 2050. The van der Waals surface area contributed by atoms with Crippen molar-refractivity contribution in [3.8, 4) is 28.4 Å². The standard InChI is InChI=1S/C23H26F3N5O2.C11H12F3N5/c1-6-33-22-15(4)16(10-14(3)27-22)11-18(32)8-7-17-9-13(2)20(29-28-17)19-12-31(5)30-21(19)23(24,25)26;1-6-3-7(4-15)16-17-9(6)8-5-19(2)18-10(8)11(12,13)14/h9-10,12H,6-8,11H2,1-5H3;3,5H,4,15H2,1-2H3. The van der Waals surface area contributed by atoms with E-state index in [1.807, 2.05) is 26.8 Å². The molecule has 0 radical (unpaired) electrons. The normalized spacial score (nSPS) is 11.7. The van der Waals surface area contributed by atoms with Crippen LogP contribution in [-0.2, 0) is 50.6 Å². The van der Waals surface area contributed by atoms with E-state index < -0.39 is 23.7 Å². The molecule has 5 heterocycles. The number of hydrogen-bond acceptors (Lipinski definition) is 10. The van der Waals surface area contributed by atoms with Crippen LogP contribution < -0.4 is 10.5 Å². The van der Waals surface area contributed by atoms with Crippen LogP contribution in [0.2, 0.25) is 0 Å². The quantitative estimate of drug-likeness (QED) is 0.169. The Labute approximate surface area is 295 Å². The summed E-state index contributed by atoms with van der Waals surface area (Å²) in [6.07, 6.45) is -5.75. The van der Waals surface area contributed by atoms with Gasteiger partial charge < -0.3 is 10.5 Å². The molecule has 52 heavy (non-hydrogen) atoms. The first-order valence-corrected chi connectivity index (χ1v) is 16.0. The molecule has 2 N–H and O–H groups in total. The average Bonchev–Trinajstić information content (AvgIpc) is 3.65. The second-order valence-electron chi connectivity index (χ2n) is 12.1. The second kappa shape index (κ2) is 16.0. The zero-order valence-corrected chi connectivity index (χ0v) is 29.6. The lowest BCUT2D eigenvalue weighted by Crippen LogP contribution is -2.10. The lowest BCUT2D eigenvalue weighted by molar-refractivity contribution is -0.141. The number of aryl methyl sites for hydroxylation is 6. The number of halogens is 6. The van der Waals surface area contributed by atoms with Gasteiger partial charge in [0.25, 0.3) is 0 Å². The summed E-state index contributed by atoms with van der Waals surface area (Å²) in [4.78, 5) is 17.0. The summed E-state index contributed by atoms with van der Waals surface area (Å²) in [6.45, 7) is 9.61. The number of ether oxygens (including phenoxy) is 1. The van der Waals surface area contributed by atoms with Crippen LogP contribution >= 0.6 is 0 Å². The van der Waals surface area contributed by atoms with Crippen molar-refractivity contribution in [3.63, 3.8) is 0 Å². The van der Waals surface area contributed by atoms with Gasteiger partial charge in [0.15, 0.2) is 11.4 Å². The minimum absolute atomic E-state index is 0.0151. The fourth-order valence-electron chi connectivity index (χ4n) is 5.38. The van der Waals surface area contributed by atoms with E-state index in [1.165, 1.54) is 26.5 Å². The molecule has 0 saturated carbocycles. The van der Waals surface area contributed by atoms with Crippen LogP contribution in [0.4, 0.5) is 26.3 Å². The van der Waals surface area contributed by atoms with Crippen molar-refractivity contribution in [1.82, 2.24) is 44.9 Å². The molecule has 0 amide bonds. The zero-order chi connectivity index (χ0) is 38.5. The molecule has 5 aromatic rings. The smallest absolute Gasteiger partial charge is 0.435 e. The zero-order valence-electron chi connectivity index (χ0n) is 29.6. The Morgan fingerprint density at radius 2 is 1.29 bits per heavy atom. The molecule has 0 aliphatic carbocycles. The van der Waals surface area contributed by atoms with Gasteiger partial charge in [0.05, 0.1) is 40.5 Å². The number of alkyl halides is 6. The lowest BCUT2D eigenvalue weighted by Gasteiger charge is -2.12. The minimum Gasteiger partial charge on any atom is -0.478 e. The Balaban J connectivity index is 0.000000269. The third-order valence-electron chi connectivity index (χ3n) is 7.78. The maximum Gasteiger partial charge on any atom is 0.435 e. The van der Waals surface area contributed by atoms with Gasteiger partial charge in [0.1, 0.15) is 5.78 Å². The summed E-state index contributed by atoms with van der Waals surface area (Å²) >= 11 is 0. The van der Waals surface area contributed by atoms with E-state index in [-0.39, 0.29) is 47.7 Å². The van der Waals surface area contributed by atoms with Crippen molar-refractivity contribution < 1.29 is 35.9 Å². The van der Waals surface area contributed by atoms with Crippen molar-refractivity contribution in [2.75, 3.05) is 6.61 Å². The first-order chi connectivity index (χ1) is 24.3. The van der Waals surface area contributed by atoms with E-state index >= 15 is 0 Å². The predicted molar refractivity (Wildman–Crippen MR) is 178 cm³/mol. The molecule has 0 unspecified atom stereocenters. The molecule has 0 fully saturated rings. The number of carbonyl (C=O) groups is 1. The molecule has 0 spiro atoms. The number of hydrogen-bond donors (Lipinski definition) is 1. The van der Waals surface area contributed by atoms with Crippen LogP contribution in [0.5, 0.6) is 5.88 Å². The van der Waals surface area contributed by atoms with Gasteiger partial charge in [-0.3, -0.25) is 14.2 Å². The summed E-state index contributed by atoms with van der Waals surface area (Å²) in [5, 5.41) is 22.6. The maximum atomic E-state index is 13.3.